The zero-order chi connectivity index (χ0) is 12.1. The number of nitrogens with one attached hydrogen (secondary N) is 2. The van der Waals surface area contributed by atoms with E-state index in [-0.39, 0.29) is 11.7 Å². The number of hydrogen-bond acceptors (Lipinski definition) is 5. The van der Waals surface area contributed by atoms with Crippen LogP contribution in [0.25, 0.3) is 0 Å². The van der Waals surface area contributed by atoms with Crippen LogP contribution in [0.3, 0.4) is 0 Å². The van der Waals surface area contributed by atoms with Crippen LogP contribution in [-0.4, -0.2) is 32.2 Å². The molecule has 0 spiro atoms. The molecule has 1 aromatic heterocycles. The average molecular weight is 275 g/mol. The molecule has 1 saturated heterocycles. The fourth-order valence-corrected chi connectivity index (χ4v) is 3.89. The molecule has 1 aliphatic rings. The van der Waals surface area contributed by atoms with Crippen molar-refractivity contribution >= 4 is 21.4 Å². The molecule has 0 saturated carbocycles. The third kappa shape index (κ3) is 4.34. The number of hydrogen-bond donors (Lipinski definition) is 2. The predicted octanol–water partition coefficient (Wildman–Crippen LogP) is 0.562. The Bertz CT molecular complexity index is 424. The van der Waals surface area contributed by atoms with Gasteiger partial charge in [-0.15, -0.1) is 11.3 Å². The Labute approximate surface area is 106 Å². The van der Waals surface area contributed by atoms with E-state index in [0.29, 0.717) is 6.54 Å². The highest BCUT2D eigenvalue weighted by Gasteiger charge is 2.20. The van der Waals surface area contributed by atoms with Gasteiger partial charge in [-0.1, -0.05) is 0 Å². The van der Waals surface area contributed by atoms with Crippen molar-refractivity contribution in [3.8, 4) is 0 Å². The summed E-state index contributed by atoms with van der Waals surface area (Å²) in [7, 11) is -3.18. The van der Waals surface area contributed by atoms with Gasteiger partial charge in [0.1, 0.15) is 0 Å². The standard InChI is InChI=1S/C10H17N3O2S2/c14-17(15,7-9-2-1-3-11-4-9)13-5-10-6-16-8-12-10/h6,8-9,11,13H,1-5,7H2. The molecule has 0 aromatic carbocycles. The molecule has 17 heavy (non-hydrogen) atoms. The van der Waals surface area contributed by atoms with Gasteiger partial charge in [-0.2, -0.15) is 0 Å². The lowest BCUT2D eigenvalue weighted by atomic mass is 10.0. The van der Waals surface area contributed by atoms with E-state index in [2.05, 4.69) is 15.0 Å². The van der Waals surface area contributed by atoms with Gasteiger partial charge < -0.3 is 5.32 Å². The molecule has 1 aromatic rings. The fraction of sp³-hybridized carbons (Fsp3) is 0.700. The van der Waals surface area contributed by atoms with Gasteiger partial charge in [0, 0.05) is 5.38 Å². The van der Waals surface area contributed by atoms with Gasteiger partial charge in [-0.3, -0.25) is 0 Å². The second-order valence-corrected chi connectivity index (χ2v) is 6.86. The quantitative estimate of drug-likeness (QED) is 0.824. The zero-order valence-corrected chi connectivity index (χ0v) is 11.2. The minimum Gasteiger partial charge on any atom is -0.316 e. The molecular weight excluding hydrogens is 258 g/mol. The van der Waals surface area contributed by atoms with Crippen LogP contribution < -0.4 is 10.0 Å². The summed E-state index contributed by atoms with van der Waals surface area (Å²) in [5.74, 6) is 0.445. The Morgan fingerprint density at radius 1 is 1.59 bits per heavy atom. The van der Waals surface area contributed by atoms with Gasteiger partial charge in [0.05, 0.1) is 23.5 Å². The first-order valence-corrected chi connectivity index (χ1v) is 8.30. The summed E-state index contributed by atoms with van der Waals surface area (Å²) in [5, 5.41) is 5.08. The smallest absolute Gasteiger partial charge is 0.212 e. The number of nitrogens with zero attached hydrogens (tertiary/aromatic N) is 1. The van der Waals surface area contributed by atoms with Crippen molar-refractivity contribution in [3.05, 3.63) is 16.6 Å². The van der Waals surface area contributed by atoms with Crippen LogP contribution in [0.2, 0.25) is 0 Å². The number of thiazole rings is 1. The molecule has 1 fully saturated rings. The van der Waals surface area contributed by atoms with Crippen LogP contribution in [0, 0.1) is 5.92 Å². The maximum Gasteiger partial charge on any atom is 0.212 e. The van der Waals surface area contributed by atoms with Gasteiger partial charge in [0.2, 0.25) is 10.0 Å². The molecule has 1 aliphatic heterocycles. The third-order valence-corrected chi connectivity index (χ3v) is 4.94. The maximum atomic E-state index is 11.8. The molecule has 7 heteroatoms. The lowest BCUT2D eigenvalue weighted by Crippen LogP contribution is -2.37. The first kappa shape index (κ1) is 12.9. The van der Waals surface area contributed by atoms with Crippen LogP contribution in [-0.2, 0) is 16.6 Å². The van der Waals surface area contributed by atoms with E-state index in [1.165, 1.54) is 11.3 Å². The van der Waals surface area contributed by atoms with Crippen LogP contribution in [0.4, 0.5) is 0 Å². The van der Waals surface area contributed by atoms with Crippen LogP contribution >= 0.6 is 11.3 Å². The Hall–Kier alpha value is -0.500. The van der Waals surface area contributed by atoms with Crippen molar-refractivity contribution in [2.45, 2.75) is 19.4 Å². The van der Waals surface area contributed by atoms with Crippen molar-refractivity contribution in [1.29, 1.82) is 0 Å². The highest BCUT2D eigenvalue weighted by molar-refractivity contribution is 7.89. The van der Waals surface area contributed by atoms with Gasteiger partial charge in [-0.05, 0) is 31.8 Å². The molecule has 0 amide bonds. The summed E-state index contributed by atoms with van der Waals surface area (Å²) < 4.78 is 26.3. The Balaban J connectivity index is 1.81. The zero-order valence-electron chi connectivity index (χ0n) is 9.55. The molecule has 5 nitrogen and oxygen atoms in total. The van der Waals surface area contributed by atoms with Crippen molar-refractivity contribution in [2.75, 3.05) is 18.8 Å². The average Bonchev–Trinajstić information content (AvgIpc) is 2.80. The summed E-state index contributed by atoms with van der Waals surface area (Å²) in [5.41, 5.74) is 2.48. The molecule has 0 radical (unpaired) electrons. The van der Waals surface area contributed by atoms with E-state index >= 15 is 0 Å². The number of piperidine rings is 1. The number of rotatable bonds is 5. The molecule has 2 heterocycles. The van der Waals surface area contributed by atoms with E-state index in [1.54, 1.807) is 5.51 Å². The molecule has 0 aliphatic carbocycles. The summed E-state index contributed by atoms with van der Waals surface area (Å²) in [6.45, 7) is 2.10. The second kappa shape index (κ2) is 5.90. The lowest BCUT2D eigenvalue weighted by molar-refractivity contribution is 0.402. The minimum absolute atomic E-state index is 0.212. The van der Waals surface area contributed by atoms with E-state index in [0.717, 1.165) is 31.6 Å². The van der Waals surface area contributed by atoms with Crippen LogP contribution in [0.15, 0.2) is 10.9 Å². The lowest BCUT2D eigenvalue weighted by Gasteiger charge is -2.22. The topological polar surface area (TPSA) is 71.1 Å². The summed E-state index contributed by atoms with van der Waals surface area (Å²) in [6.07, 6.45) is 2.05. The van der Waals surface area contributed by atoms with Crippen molar-refractivity contribution in [1.82, 2.24) is 15.0 Å². The minimum atomic E-state index is -3.18. The third-order valence-electron chi connectivity index (χ3n) is 2.81. The van der Waals surface area contributed by atoms with Crippen LogP contribution in [0.5, 0.6) is 0 Å². The van der Waals surface area contributed by atoms with Gasteiger partial charge in [0.15, 0.2) is 0 Å². The summed E-state index contributed by atoms with van der Waals surface area (Å²) in [6, 6.07) is 0. The fourth-order valence-electron chi connectivity index (χ4n) is 1.94. The maximum absolute atomic E-state index is 11.8. The number of sulfonamides is 1. The number of aromatic nitrogens is 1. The monoisotopic (exact) mass is 275 g/mol. The summed E-state index contributed by atoms with van der Waals surface area (Å²) in [4.78, 5) is 4.05. The first-order chi connectivity index (χ1) is 8.16. The molecule has 2 rings (SSSR count). The van der Waals surface area contributed by atoms with E-state index < -0.39 is 10.0 Å². The first-order valence-electron chi connectivity index (χ1n) is 5.71. The molecule has 2 N–H and O–H groups in total. The van der Waals surface area contributed by atoms with Crippen molar-refractivity contribution < 1.29 is 8.42 Å². The largest absolute Gasteiger partial charge is 0.316 e. The molecule has 1 atom stereocenters. The van der Waals surface area contributed by atoms with Crippen molar-refractivity contribution in [3.63, 3.8) is 0 Å². The Morgan fingerprint density at radius 2 is 2.47 bits per heavy atom. The molecule has 96 valence electrons. The highest BCUT2D eigenvalue weighted by atomic mass is 32.2. The SMILES string of the molecule is O=S(=O)(CC1CCCNC1)NCc1cscn1. The van der Waals surface area contributed by atoms with Gasteiger partial charge >= 0.3 is 0 Å². The predicted molar refractivity (Wildman–Crippen MR) is 68.3 cm³/mol. The van der Waals surface area contributed by atoms with Crippen molar-refractivity contribution in [2.24, 2.45) is 5.92 Å². The summed E-state index contributed by atoms with van der Waals surface area (Å²) >= 11 is 1.47. The molecule has 0 bridgehead atoms. The Kier molecular flexibility index (Phi) is 4.49. The molecular formula is C10H17N3O2S2. The second-order valence-electron chi connectivity index (χ2n) is 4.29. The molecule has 1 unspecified atom stereocenters. The van der Waals surface area contributed by atoms with Crippen LogP contribution in [0.1, 0.15) is 18.5 Å². The van der Waals surface area contributed by atoms with E-state index in [1.807, 2.05) is 5.38 Å². The van der Waals surface area contributed by atoms with E-state index in [9.17, 15) is 8.42 Å². The van der Waals surface area contributed by atoms with Gasteiger partial charge in [-0.25, -0.2) is 18.1 Å². The normalized spacial score (nSPS) is 21.5. The Morgan fingerprint density at radius 3 is 3.12 bits per heavy atom. The highest BCUT2D eigenvalue weighted by Crippen LogP contribution is 2.12. The van der Waals surface area contributed by atoms with Gasteiger partial charge in [0.25, 0.3) is 0 Å². The van der Waals surface area contributed by atoms with E-state index in [4.69, 9.17) is 0 Å².